The van der Waals surface area contributed by atoms with Gasteiger partial charge in [0.05, 0.1) is 6.04 Å². The van der Waals surface area contributed by atoms with Gasteiger partial charge in [0.15, 0.2) is 0 Å². The lowest BCUT2D eigenvalue weighted by Crippen LogP contribution is -2.38. The molecule has 0 radical (unpaired) electrons. The third-order valence-electron chi connectivity index (χ3n) is 2.27. The lowest BCUT2D eigenvalue weighted by atomic mass is 10.1. The molecule has 2 N–H and O–H groups in total. The van der Waals surface area contributed by atoms with Crippen LogP contribution >= 0.6 is 11.3 Å². The van der Waals surface area contributed by atoms with Crippen molar-refractivity contribution >= 4 is 17.3 Å². The van der Waals surface area contributed by atoms with Gasteiger partial charge in [0.25, 0.3) is 0 Å². The molecule has 0 saturated heterocycles. The molecule has 0 spiro atoms. The van der Waals surface area contributed by atoms with Gasteiger partial charge in [-0.2, -0.15) is 0 Å². The van der Waals surface area contributed by atoms with E-state index in [1.165, 1.54) is 0 Å². The Bertz CT molecular complexity index is 300. The number of carbonyl (C=O) groups is 1. The highest BCUT2D eigenvalue weighted by atomic mass is 32.1. The fourth-order valence-electron chi connectivity index (χ4n) is 1.38. The SMILES string of the molecule is CCC(NC(CC)c1nccs1)C(=O)O. The molecule has 4 nitrogen and oxygen atoms in total. The molecular weight excluding hydrogens is 212 g/mol. The molecule has 2 atom stereocenters. The molecule has 0 aliphatic rings. The van der Waals surface area contributed by atoms with E-state index in [2.05, 4.69) is 10.3 Å². The molecule has 0 aliphatic heterocycles. The third kappa shape index (κ3) is 3.28. The van der Waals surface area contributed by atoms with E-state index >= 15 is 0 Å². The van der Waals surface area contributed by atoms with E-state index in [0.717, 1.165) is 11.4 Å². The zero-order valence-electron chi connectivity index (χ0n) is 8.93. The number of carboxylic acid groups (broad SMARTS) is 1. The van der Waals surface area contributed by atoms with Gasteiger partial charge >= 0.3 is 5.97 Å². The number of hydrogen-bond acceptors (Lipinski definition) is 4. The van der Waals surface area contributed by atoms with Crippen molar-refractivity contribution in [3.05, 3.63) is 16.6 Å². The smallest absolute Gasteiger partial charge is 0.320 e. The molecule has 0 bridgehead atoms. The van der Waals surface area contributed by atoms with Gasteiger partial charge in [-0.3, -0.25) is 10.1 Å². The molecule has 1 heterocycles. The summed E-state index contributed by atoms with van der Waals surface area (Å²) in [6.07, 6.45) is 3.17. The lowest BCUT2D eigenvalue weighted by molar-refractivity contribution is -0.139. The first-order valence-corrected chi connectivity index (χ1v) is 5.95. The molecule has 5 heteroatoms. The summed E-state index contributed by atoms with van der Waals surface area (Å²) in [6, 6.07) is -0.440. The first-order chi connectivity index (χ1) is 7.19. The molecule has 84 valence electrons. The number of aromatic nitrogens is 1. The van der Waals surface area contributed by atoms with Crippen LogP contribution < -0.4 is 5.32 Å². The molecule has 0 aliphatic carbocycles. The van der Waals surface area contributed by atoms with Crippen molar-refractivity contribution in [1.29, 1.82) is 0 Å². The predicted molar refractivity (Wildman–Crippen MR) is 60.0 cm³/mol. The Labute approximate surface area is 93.4 Å². The summed E-state index contributed by atoms with van der Waals surface area (Å²) in [4.78, 5) is 15.1. The second-order valence-corrected chi connectivity index (χ2v) is 4.22. The normalized spacial score (nSPS) is 14.8. The number of rotatable bonds is 6. The maximum Gasteiger partial charge on any atom is 0.320 e. The van der Waals surface area contributed by atoms with Gasteiger partial charge in [0.1, 0.15) is 11.0 Å². The van der Waals surface area contributed by atoms with Gasteiger partial charge in [-0.05, 0) is 12.8 Å². The fraction of sp³-hybridized carbons (Fsp3) is 0.600. The minimum atomic E-state index is -0.799. The monoisotopic (exact) mass is 228 g/mol. The maximum absolute atomic E-state index is 10.9. The van der Waals surface area contributed by atoms with Crippen LogP contribution in [-0.2, 0) is 4.79 Å². The summed E-state index contributed by atoms with van der Waals surface area (Å²) in [5, 5.41) is 14.9. The molecule has 0 saturated carbocycles. The quantitative estimate of drug-likeness (QED) is 0.782. The summed E-state index contributed by atoms with van der Waals surface area (Å²) < 4.78 is 0. The van der Waals surface area contributed by atoms with E-state index < -0.39 is 12.0 Å². The molecular formula is C10H16N2O2S. The van der Waals surface area contributed by atoms with E-state index in [-0.39, 0.29) is 6.04 Å². The van der Waals surface area contributed by atoms with Crippen LogP contribution in [0.25, 0.3) is 0 Å². The van der Waals surface area contributed by atoms with Gasteiger partial charge in [-0.15, -0.1) is 11.3 Å². The fourth-order valence-corrected chi connectivity index (χ4v) is 2.16. The van der Waals surface area contributed by atoms with Crippen molar-refractivity contribution in [3.8, 4) is 0 Å². The van der Waals surface area contributed by atoms with Crippen LogP contribution in [0.2, 0.25) is 0 Å². The molecule has 15 heavy (non-hydrogen) atoms. The standard InChI is InChI=1S/C10H16N2O2S/c1-3-7(9-11-5-6-15-9)12-8(4-2)10(13)14/h5-8,12H,3-4H2,1-2H3,(H,13,14). The van der Waals surface area contributed by atoms with Crippen LogP contribution in [0.15, 0.2) is 11.6 Å². The number of nitrogens with one attached hydrogen (secondary N) is 1. The summed E-state index contributed by atoms with van der Waals surface area (Å²) in [5.74, 6) is -0.799. The van der Waals surface area contributed by atoms with Crippen LogP contribution in [-0.4, -0.2) is 22.1 Å². The van der Waals surface area contributed by atoms with Crippen molar-refractivity contribution in [1.82, 2.24) is 10.3 Å². The van der Waals surface area contributed by atoms with Crippen molar-refractivity contribution in [2.24, 2.45) is 0 Å². The highest BCUT2D eigenvalue weighted by Crippen LogP contribution is 2.19. The highest BCUT2D eigenvalue weighted by Gasteiger charge is 2.20. The van der Waals surface area contributed by atoms with E-state index in [0.29, 0.717) is 6.42 Å². The van der Waals surface area contributed by atoms with Crippen molar-refractivity contribution < 1.29 is 9.90 Å². The number of nitrogens with zero attached hydrogens (tertiary/aromatic N) is 1. The van der Waals surface area contributed by atoms with Gasteiger partial charge in [0, 0.05) is 11.6 Å². The van der Waals surface area contributed by atoms with Crippen LogP contribution in [0.4, 0.5) is 0 Å². The summed E-state index contributed by atoms with van der Waals surface area (Å²) in [6.45, 7) is 3.88. The van der Waals surface area contributed by atoms with Crippen LogP contribution in [0.3, 0.4) is 0 Å². The predicted octanol–water partition coefficient (Wildman–Crippen LogP) is 2.05. The van der Waals surface area contributed by atoms with Crippen molar-refractivity contribution in [3.63, 3.8) is 0 Å². The molecule has 0 amide bonds. The van der Waals surface area contributed by atoms with E-state index in [1.54, 1.807) is 17.5 Å². The average molecular weight is 228 g/mol. The number of aliphatic carboxylic acids is 1. The van der Waals surface area contributed by atoms with Crippen LogP contribution in [0, 0.1) is 0 Å². The van der Waals surface area contributed by atoms with E-state index in [1.807, 2.05) is 19.2 Å². The van der Waals surface area contributed by atoms with Crippen molar-refractivity contribution in [2.45, 2.75) is 38.8 Å². The number of carboxylic acids is 1. The zero-order valence-corrected chi connectivity index (χ0v) is 9.75. The molecule has 2 unspecified atom stereocenters. The van der Waals surface area contributed by atoms with Gasteiger partial charge in [0.2, 0.25) is 0 Å². The number of thiazole rings is 1. The first kappa shape index (κ1) is 12.1. The Hall–Kier alpha value is -0.940. The molecule has 0 aromatic carbocycles. The zero-order chi connectivity index (χ0) is 11.3. The highest BCUT2D eigenvalue weighted by molar-refractivity contribution is 7.09. The van der Waals surface area contributed by atoms with Gasteiger partial charge in [-0.1, -0.05) is 13.8 Å². The lowest BCUT2D eigenvalue weighted by Gasteiger charge is -2.19. The topological polar surface area (TPSA) is 62.2 Å². The molecule has 1 aromatic heterocycles. The maximum atomic E-state index is 10.9. The Morgan fingerprint density at radius 3 is 2.73 bits per heavy atom. The Balaban J connectivity index is 2.64. The molecule has 1 aromatic rings. The summed E-state index contributed by atoms with van der Waals surface area (Å²) in [7, 11) is 0. The Kier molecular flexibility index (Phi) is 4.71. The minimum absolute atomic E-state index is 0.0473. The molecule has 0 fully saturated rings. The second-order valence-electron chi connectivity index (χ2n) is 3.30. The average Bonchev–Trinajstić information content (AvgIpc) is 2.72. The molecule has 1 rings (SSSR count). The van der Waals surface area contributed by atoms with E-state index in [4.69, 9.17) is 5.11 Å². The van der Waals surface area contributed by atoms with Crippen LogP contribution in [0.1, 0.15) is 37.7 Å². The van der Waals surface area contributed by atoms with Gasteiger partial charge < -0.3 is 5.11 Å². The van der Waals surface area contributed by atoms with Crippen LogP contribution in [0.5, 0.6) is 0 Å². The largest absolute Gasteiger partial charge is 0.480 e. The third-order valence-corrected chi connectivity index (χ3v) is 3.16. The number of hydrogen-bond donors (Lipinski definition) is 2. The second kappa shape index (κ2) is 5.82. The van der Waals surface area contributed by atoms with Gasteiger partial charge in [-0.25, -0.2) is 4.98 Å². The van der Waals surface area contributed by atoms with E-state index in [9.17, 15) is 4.79 Å². The summed E-state index contributed by atoms with van der Waals surface area (Å²) >= 11 is 1.55. The summed E-state index contributed by atoms with van der Waals surface area (Å²) in [5.41, 5.74) is 0. The van der Waals surface area contributed by atoms with Crippen molar-refractivity contribution in [2.75, 3.05) is 0 Å². The minimum Gasteiger partial charge on any atom is -0.480 e. The first-order valence-electron chi connectivity index (χ1n) is 5.07. The Morgan fingerprint density at radius 2 is 2.33 bits per heavy atom. The Morgan fingerprint density at radius 1 is 1.60 bits per heavy atom.